The maximum Gasteiger partial charge on any atom is 0.326 e. The number of aliphatic carboxylic acids is 3. The van der Waals surface area contributed by atoms with Crippen LogP contribution in [0.3, 0.4) is 0 Å². The van der Waals surface area contributed by atoms with E-state index in [2.05, 4.69) is 20.9 Å². The lowest BCUT2D eigenvalue weighted by Gasteiger charge is -2.24. The Morgan fingerprint density at radius 3 is 1.88 bits per heavy atom. The molecule has 3 amide bonds. The number of amides is 3. The summed E-state index contributed by atoms with van der Waals surface area (Å²) in [7, 11) is 0. The minimum atomic E-state index is -1.80. The van der Waals surface area contributed by atoms with Crippen molar-refractivity contribution in [3.63, 3.8) is 0 Å². The van der Waals surface area contributed by atoms with E-state index in [4.69, 9.17) is 10.8 Å². The van der Waals surface area contributed by atoms with E-state index in [1.807, 2.05) is 0 Å². The van der Waals surface area contributed by atoms with E-state index in [-0.39, 0.29) is 12.8 Å². The summed E-state index contributed by atoms with van der Waals surface area (Å²) in [4.78, 5) is 76.5. The molecule has 3 rings (SSSR count). The van der Waals surface area contributed by atoms with Crippen LogP contribution in [0.5, 0.6) is 0 Å². The number of carboxylic acid groups (broad SMARTS) is 3. The number of carbonyl (C=O) groups excluding carboxylic acids is 3. The average molecular weight is 582 g/mol. The van der Waals surface area contributed by atoms with Crippen LogP contribution in [0.25, 0.3) is 10.9 Å². The van der Waals surface area contributed by atoms with Gasteiger partial charge in [-0.05, 0) is 23.6 Å². The van der Waals surface area contributed by atoms with Crippen LogP contribution in [0.15, 0.2) is 60.8 Å². The number of para-hydroxylation sites is 1. The quantitative estimate of drug-likeness (QED) is 0.117. The van der Waals surface area contributed by atoms with Crippen LogP contribution in [0.4, 0.5) is 0 Å². The third-order valence-corrected chi connectivity index (χ3v) is 6.37. The summed E-state index contributed by atoms with van der Waals surface area (Å²) < 4.78 is 0. The van der Waals surface area contributed by atoms with Crippen molar-refractivity contribution in [1.29, 1.82) is 0 Å². The summed E-state index contributed by atoms with van der Waals surface area (Å²) in [6, 6.07) is 9.81. The second kappa shape index (κ2) is 14.4. The molecule has 14 nitrogen and oxygen atoms in total. The zero-order valence-electron chi connectivity index (χ0n) is 22.3. The van der Waals surface area contributed by atoms with E-state index in [9.17, 15) is 39.0 Å². The number of H-pyrrole nitrogens is 1. The summed E-state index contributed by atoms with van der Waals surface area (Å²) in [6.45, 7) is 0. The molecule has 2 aromatic carbocycles. The molecular formula is C28H31N5O9. The lowest BCUT2D eigenvalue weighted by molar-refractivity contribution is -0.147. The predicted molar refractivity (Wildman–Crippen MR) is 148 cm³/mol. The minimum absolute atomic E-state index is 0.111. The van der Waals surface area contributed by atoms with Crippen LogP contribution in [0.2, 0.25) is 0 Å². The maximum absolute atomic E-state index is 13.3. The number of benzene rings is 2. The molecule has 0 aliphatic rings. The Bertz CT molecular complexity index is 1460. The number of carboxylic acids is 3. The Balaban J connectivity index is 1.83. The Hall–Kier alpha value is -5.24. The van der Waals surface area contributed by atoms with Gasteiger partial charge < -0.3 is 42.0 Å². The van der Waals surface area contributed by atoms with Gasteiger partial charge in [0.2, 0.25) is 17.7 Å². The number of hydrogen-bond donors (Lipinski definition) is 8. The number of nitrogens with one attached hydrogen (secondary N) is 4. The van der Waals surface area contributed by atoms with E-state index in [0.29, 0.717) is 10.9 Å². The van der Waals surface area contributed by atoms with E-state index in [1.54, 1.807) is 60.8 Å². The molecule has 0 spiro atoms. The van der Waals surface area contributed by atoms with Crippen molar-refractivity contribution >= 4 is 46.5 Å². The smallest absolute Gasteiger partial charge is 0.326 e. The van der Waals surface area contributed by atoms with Crippen LogP contribution < -0.4 is 21.7 Å². The average Bonchev–Trinajstić information content (AvgIpc) is 3.34. The van der Waals surface area contributed by atoms with Gasteiger partial charge in [0.1, 0.15) is 18.1 Å². The number of rotatable bonds is 15. The molecule has 9 N–H and O–H groups in total. The van der Waals surface area contributed by atoms with Gasteiger partial charge in [-0.2, -0.15) is 0 Å². The first-order valence-corrected chi connectivity index (χ1v) is 12.9. The highest BCUT2D eigenvalue weighted by Gasteiger charge is 2.32. The zero-order chi connectivity index (χ0) is 30.8. The molecule has 0 saturated carbocycles. The van der Waals surface area contributed by atoms with Crippen molar-refractivity contribution in [2.75, 3.05) is 0 Å². The van der Waals surface area contributed by atoms with Gasteiger partial charge in [-0.1, -0.05) is 48.5 Å². The number of aromatic nitrogens is 1. The fourth-order valence-electron chi connectivity index (χ4n) is 4.27. The van der Waals surface area contributed by atoms with Crippen molar-refractivity contribution in [2.45, 2.75) is 49.9 Å². The van der Waals surface area contributed by atoms with Gasteiger partial charge in [-0.25, -0.2) is 4.79 Å². The molecule has 14 heteroatoms. The number of hydrogen-bond acceptors (Lipinski definition) is 7. The van der Waals surface area contributed by atoms with Crippen molar-refractivity contribution in [3.05, 3.63) is 71.9 Å². The van der Waals surface area contributed by atoms with Crippen molar-refractivity contribution in [2.24, 2.45) is 5.73 Å². The van der Waals surface area contributed by atoms with Gasteiger partial charge in [0.15, 0.2) is 0 Å². The topological polar surface area (TPSA) is 241 Å². The molecule has 0 saturated heterocycles. The lowest BCUT2D eigenvalue weighted by atomic mass is 10.0. The Morgan fingerprint density at radius 1 is 0.690 bits per heavy atom. The van der Waals surface area contributed by atoms with Crippen LogP contribution >= 0.6 is 0 Å². The molecule has 1 heterocycles. The first kappa shape index (κ1) is 31.3. The molecule has 42 heavy (non-hydrogen) atoms. The second-order valence-electron chi connectivity index (χ2n) is 9.58. The summed E-state index contributed by atoms with van der Waals surface area (Å²) in [6.07, 6.45) is -0.246. The van der Waals surface area contributed by atoms with Gasteiger partial charge in [-0.3, -0.25) is 24.0 Å². The van der Waals surface area contributed by atoms with Crippen molar-refractivity contribution in [1.82, 2.24) is 20.9 Å². The molecule has 222 valence electrons. The van der Waals surface area contributed by atoms with E-state index >= 15 is 0 Å². The molecule has 3 aromatic rings. The third-order valence-electron chi connectivity index (χ3n) is 6.37. The number of aromatic amines is 1. The highest BCUT2D eigenvalue weighted by atomic mass is 16.4. The molecule has 4 atom stereocenters. The van der Waals surface area contributed by atoms with E-state index < -0.39 is 72.6 Å². The summed E-state index contributed by atoms with van der Waals surface area (Å²) in [5.41, 5.74) is 8.00. The van der Waals surface area contributed by atoms with E-state index in [1.165, 1.54) is 0 Å². The first-order valence-electron chi connectivity index (χ1n) is 12.9. The fourth-order valence-corrected chi connectivity index (χ4v) is 4.27. The number of carbonyl (C=O) groups is 6. The largest absolute Gasteiger partial charge is 0.481 e. The SMILES string of the molecule is NC(Cc1ccccc1)C(=O)NC(CC(=O)O)C(=O)NC(Cc1c[nH]c2ccccc12)C(=O)NC(CC(=O)O)C(=O)O. The lowest BCUT2D eigenvalue weighted by Crippen LogP contribution is -2.58. The fraction of sp³-hybridized carbons (Fsp3) is 0.286. The Morgan fingerprint density at radius 2 is 1.24 bits per heavy atom. The van der Waals surface area contributed by atoms with Crippen LogP contribution in [-0.4, -0.2) is 80.1 Å². The molecule has 1 aromatic heterocycles. The van der Waals surface area contributed by atoms with Crippen molar-refractivity contribution < 1.29 is 44.1 Å². The van der Waals surface area contributed by atoms with Crippen LogP contribution in [0, 0.1) is 0 Å². The molecule has 0 fully saturated rings. The summed E-state index contributed by atoms with van der Waals surface area (Å²) in [5, 5.41) is 35.3. The standard InChI is InChI=1S/C28H31N5O9/c29-18(10-15-6-2-1-3-7-15)25(38)31-21(12-23(34)35)27(40)32-20(26(39)33-22(28(41)42)13-24(36)37)11-16-14-30-19-9-5-4-8-17(16)19/h1-9,14,18,20-22,30H,10-13,29H2,(H,31,38)(H,32,40)(H,33,39)(H,34,35)(H,36,37)(H,41,42). The van der Waals surface area contributed by atoms with Crippen molar-refractivity contribution in [3.8, 4) is 0 Å². The third kappa shape index (κ3) is 8.89. The number of nitrogens with two attached hydrogens (primary N) is 1. The zero-order valence-corrected chi connectivity index (χ0v) is 22.3. The molecule has 4 unspecified atom stereocenters. The monoisotopic (exact) mass is 581 g/mol. The minimum Gasteiger partial charge on any atom is -0.481 e. The highest BCUT2D eigenvalue weighted by Crippen LogP contribution is 2.19. The number of fused-ring (bicyclic) bond motifs is 1. The van der Waals surface area contributed by atoms with Gasteiger partial charge in [0.05, 0.1) is 18.9 Å². The molecule has 0 radical (unpaired) electrons. The Labute approximate surface area is 239 Å². The van der Waals surface area contributed by atoms with E-state index in [0.717, 1.165) is 11.1 Å². The highest BCUT2D eigenvalue weighted by molar-refractivity contribution is 5.96. The molecule has 0 aliphatic carbocycles. The molecular weight excluding hydrogens is 550 g/mol. The summed E-state index contributed by atoms with van der Waals surface area (Å²) >= 11 is 0. The molecule has 0 bridgehead atoms. The second-order valence-corrected chi connectivity index (χ2v) is 9.58. The normalized spacial score (nSPS) is 13.7. The Kier molecular flexibility index (Phi) is 10.7. The first-order chi connectivity index (χ1) is 19.9. The van der Waals surface area contributed by atoms with Crippen LogP contribution in [0.1, 0.15) is 24.0 Å². The van der Waals surface area contributed by atoms with Crippen LogP contribution in [-0.2, 0) is 41.6 Å². The van der Waals surface area contributed by atoms with Gasteiger partial charge in [0.25, 0.3) is 0 Å². The van der Waals surface area contributed by atoms with Gasteiger partial charge in [-0.15, -0.1) is 0 Å². The maximum atomic E-state index is 13.3. The van der Waals surface area contributed by atoms with Gasteiger partial charge >= 0.3 is 17.9 Å². The predicted octanol–water partition coefficient (Wildman–Crippen LogP) is -0.231. The summed E-state index contributed by atoms with van der Waals surface area (Å²) in [5.74, 6) is -7.36. The molecule has 0 aliphatic heterocycles. The van der Waals surface area contributed by atoms with Gasteiger partial charge in [0, 0.05) is 23.5 Å².